The normalized spacial score (nSPS) is 11.1. The number of aromatic nitrogens is 9. The van der Waals surface area contributed by atoms with Gasteiger partial charge in [-0.15, -0.1) is 11.3 Å². The summed E-state index contributed by atoms with van der Waals surface area (Å²) in [5.41, 5.74) is 10.0. The fourth-order valence-corrected chi connectivity index (χ4v) is 9.36. The second kappa shape index (κ2) is 22.6. The lowest BCUT2D eigenvalue weighted by Crippen LogP contribution is -2.12. The minimum absolute atomic E-state index is 0.0900. The Morgan fingerprint density at radius 1 is 0.553 bits per heavy atom. The SMILES string of the molecule is COc1ccc(-c2cnc3c(NCc4cccs4)nccn23)cc1OC.NS(=O)(=O)c1ccc(CNc2nccn3c(-c4ccccc4)cnc23)cc1.Oc1ccc(-c2cnc3c(Nc4ccccc4)nccn23)cc1. The molecule has 380 valence electrons. The number of thiophene rings is 1. The Bertz CT molecular complexity index is 3990. The number of nitrogens with two attached hydrogens (primary N) is 1. The topological polar surface area (TPSA) is 226 Å². The van der Waals surface area contributed by atoms with Gasteiger partial charge in [0.1, 0.15) is 5.75 Å². The number of nitrogens with zero attached hydrogens (tertiary/aromatic N) is 9. The number of hydrogen-bond donors (Lipinski definition) is 5. The lowest BCUT2D eigenvalue weighted by molar-refractivity contribution is 0.355. The molecule has 7 heterocycles. The first kappa shape index (κ1) is 49.9. The van der Waals surface area contributed by atoms with Crippen LogP contribution in [-0.4, -0.2) is 70.8 Å². The van der Waals surface area contributed by atoms with E-state index >= 15 is 0 Å². The maximum atomic E-state index is 11.3. The van der Waals surface area contributed by atoms with Gasteiger partial charge in [0.15, 0.2) is 45.9 Å². The molecule has 0 aliphatic rings. The number of ether oxygens (including phenoxy) is 2. The van der Waals surface area contributed by atoms with Crippen molar-refractivity contribution in [3.05, 3.63) is 211 Å². The second-order valence-electron chi connectivity index (χ2n) is 16.8. The molecule has 0 saturated heterocycles. The maximum Gasteiger partial charge on any atom is 0.238 e. The molecule has 5 aromatic carbocycles. The van der Waals surface area contributed by atoms with Crippen LogP contribution in [0.4, 0.5) is 23.1 Å². The van der Waals surface area contributed by atoms with Crippen molar-refractivity contribution in [3.63, 3.8) is 0 Å². The van der Waals surface area contributed by atoms with Crippen LogP contribution in [0.3, 0.4) is 0 Å². The van der Waals surface area contributed by atoms with Crippen molar-refractivity contribution in [2.45, 2.75) is 18.0 Å². The first-order valence-electron chi connectivity index (χ1n) is 23.6. The van der Waals surface area contributed by atoms with Gasteiger partial charge in [0.05, 0.1) is 61.3 Å². The average molecular weight is 1050 g/mol. The predicted octanol–water partition coefficient (Wildman–Crippen LogP) is 10.6. The zero-order chi connectivity index (χ0) is 52.4. The van der Waals surface area contributed by atoms with Crippen molar-refractivity contribution < 1.29 is 23.0 Å². The van der Waals surface area contributed by atoms with Crippen LogP contribution >= 0.6 is 11.3 Å². The highest BCUT2D eigenvalue weighted by molar-refractivity contribution is 7.89. The minimum Gasteiger partial charge on any atom is -0.508 e. The number of phenols is 1. The first-order valence-corrected chi connectivity index (χ1v) is 26.0. The van der Waals surface area contributed by atoms with Gasteiger partial charge in [-0.25, -0.2) is 43.5 Å². The van der Waals surface area contributed by atoms with Gasteiger partial charge < -0.3 is 30.5 Å². The number of sulfonamides is 1. The van der Waals surface area contributed by atoms with E-state index in [1.165, 1.54) is 17.0 Å². The van der Waals surface area contributed by atoms with E-state index < -0.39 is 10.0 Å². The summed E-state index contributed by atoms with van der Waals surface area (Å²) >= 11 is 1.71. The highest BCUT2D eigenvalue weighted by Gasteiger charge is 2.15. The van der Waals surface area contributed by atoms with Gasteiger partial charge in [0.2, 0.25) is 10.0 Å². The number of primary sulfonamides is 1. The lowest BCUT2D eigenvalue weighted by atomic mass is 10.1. The fourth-order valence-electron chi connectivity index (χ4n) is 8.20. The number of benzene rings is 5. The molecule has 0 bridgehead atoms. The van der Waals surface area contributed by atoms with E-state index in [4.69, 9.17) is 14.6 Å². The van der Waals surface area contributed by atoms with Crippen LogP contribution in [0.15, 0.2) is 206 Å². The third kappa shape index (κ3) is 11.3. The maximum absolute atomic E-state index is 11.3. The Hall–Kier alpha value is -9.63. The highest BCUT2D eigenvalue weighted by Crippen LogP contribution is 2.34. The molecule has 12 rings (SSSR count). The van der Waals surface area contributed by atoms with Crippen molar-refractivity contribution in [1.82, 2.24) is 43.1 Å². The molecule has 0 saturated carbocycles. The molecule has 0 amide bonds. The number of nitrogens with one attached hydrogen (secondary N) is 3. The van der Waals surface area contributed by atoms with Crippen molar-refractivity contribution in [3.8, 4) is 51.0 Å². The number of anilines is 4. The number of aromatic hydroxyl groups is 1. The van der Waals surface area contributed by atoms with Crippen LogP contribution in [0, 0.1) is 0 Å². The summed E-state index contributed by atoms with van der Waals surface area (Å²) in [7, 11) is -0.426. The van der Waals surface area contributed by atoms with E-state index in [-0.39, 0.29) is 10.6 Å². The number of hydrogen-bond acceptors (Lipinski definition) is 15. The molecule has 18 nitrogen and oxygen atoms in total. The molecule has 0 atom stereocenters. The Labute approximate surface area is 440 Å². The van der Waals surface area contributed by atoms with E-state index in [1.54, 1.807) is 74.6 Å². The van der Waals surface area contributed by atoms with Crippen LogP contribution < -0.4 is 30.6 Å². The van der Waals surface area contributed by atoms with Gasteiger partial charge in [-0.1, -0.05) is 66.7 Å². The number of para-hydroxylation sites is 1. The van der Waals surface area contributed by atoms with E-state index in [2.05, 4.69) is 57.3 Å². The van der Waals surface area contributed by atoms with Crippen LogP contribution in [0.2, 0.25) is 0 Å². The number of phenolic OH excluding ortho intramolecular Hbond substituents is 1. The number of methoxy groups -OCH3 is 2. The van der Waals surface area contributed by atoms with Crippen LogP contribution in [0.1, 0.15) is 10.4 Å². The quantitative estimate of drug-likeness (QED) is 0.0683. The summed E-state index contributed by atoms with van der Waals surface area (Å²) in [6.45, 7) is 1.20. The van der Waals surface area contributed by atoms with Crippen molar-refractivity contribution in [1.29, 1.82) is 0 Å². The number of fused-ring (bicyclic) bond motifs is 3. The van der Waals surface area contributed by atoms with Crippen molar-refractivity contribution in [2.24, 2.45) is 5.14 Å². The van der Waals surface area contributed by atoms with Gasteiger partial charge in [0, 0.05) is 71.0 Å². The molecule has 0 spiro atoms. The van der Waals surface area contributed by atoms with Gasteiger partial charge in [-0.2, -0.15) is 0 Å². The zero-order valence-electron chi connectivity index (χ0n) is 41.0. The van der Waals surface area contributed by atoms with Gasteiger partial charge in [-0.3, -0.25) is 13.2 Å². The highest BCUT2D eigenvalue weighted by atomic mass is 32.2. The number of imidazole rings is 3. The summed E-state index contributed by atoms with van der Waals surface area (Å²) < 4.78 is 39.4. The van der Waals surface area contributed by atoms with Crippen LogP contribution in [0.25, 0.3) is 50.7 Å². The standard InChI is InChI=1S/C19H17N5O2S.C19H18N4O2S.C18H14N4O/c20-27(25,26)16-8-6-14(7-9-16)12-22-18-19-23-13-17(24(19)11-10-21-18)15-4-2-1-3-5-15;1-24-16-6-5-13(10-17(16)25-2)15-12-22-19-18(20-7-8-23(15)19)21-11-14-4-3-9-26-14;23-15-8-6-13(7-9-15)16-12-20-18-17(19-10-11-22(16)18)21-14-4-2-1-3-5-14/h1-11,13H,12H2,(H,21,22)(H2,20,25,26);3-10,12H,11H2,1-2H3,(H,20,21);1-12,23H,(H,19,21). The Balaban J connectivity index is 0.000000130. The largest absolute Gasteiger partial charge is 0.508 e. The van der Waals surface area contributed by atoms with Gasteiger partial charge in [0.25, 0.3) is 0 Å². The van der Waals surface area contributed by atoms with E-state index in [9.17, 15) is 13.5 Å². The Morgan fingerprint density at radius 2 is 1.07 bits per heavy atom. The molecular formula is C56H49N13O5S2. The van der Waals surface area contributed by atoms with Gasteiger partial charge in [-0.05, 0) is 83.7 Å². The first-order chi connectivity index (χ1) is 37.1. The fraction of sp³-hybridized carbons (Fsp3) is 0.0714. The molecule has 0 aliphatic heterocycles. The Morgan fingerprint density at radius 3 is 1.62 bits per heavy atom. The Kier molecular flexibility index (Phi) is 14.9. The third-order valence-corrected chi connectivity index (χ3v) is 13.8. The molecule has 76 heavy (non-hydrogen) atoms. The molecular weight excluding hydrogens is 999 g/mol. The van der Waals surface area contributed by atoms with Crippen LogP contribution in [0.5, 0.6) is 17.2 Å². The minimum atomic E-state index is -3.69. The molecule has 0 radical (unpaired) electrons. The average Bonchev–Trinajstić information content (AvgIpc) is 4.32. The molecule has 12 aromatic rings. The smallest absolute Gasteiger partial charge is 0.238 e. The summed E-state index contributed by atoms with van der Waals surface area (Å²) in [6, 6.07) is 43.3. The van der Waals surface area contributed by atoms with E-state index in [1.807, 2.05) is 141 Å². The molecule has 20 heteroatoms. The van der Waals surface area contributed by atoms with Crippen molar-refractivity contribution >= 4 is 61.4 Å². The van der Waals surface area contributed by atoms with Crippen LogP contribution in [-0.2, 0) is 23.1 Å². The summed E-state index contributed by atoms with van der Waals surface area (Å²) in [5.74, 6) is 3.73. The monoisotopic (exact) mass is 1050 g/mol. The zero-order valence-corrected chi connectivity index (χ0v) is 42.6. The molecule has 0 unspecified atom stereocenters. The number of rotatable bonds is 14. The molecule has 7 aromatic heterocycles. The molecule has 0 aliphatic carbocycles. The van der Waals surface area contributed by atoms with Gasteiger partial charge >= 0.3 is 0 Å². The lowest BCUT2D eigenvalue weighted by Gasteiger charge is -2.10. The predicted molar refractivity (Wildman–Crippen MR) is 297 cm³/mol. The van der Waals surface area contributed by atoms with E-state index in [0.717, 1.165) is 74.3 Å². The van der Waals surface area contributed by atoms with E-state index in [0.29, 0.717) is 29.7 Å². The molecule has 0 fully saturated rings. The summed E-state index contributed by atoms with van der Waals surface area (Å²) in [4.78, 5) is 28.1. The molecule has 6 N–H and O–H groups in total. The third-order valence-electron chi connectivity index (χ3n) is 12.0. The van der Waals surface area contributed by atoms with Crippen molar-refractivity contribution in [2.75, 3.05) is 30.2 Å². The summed E-state index contributed by atoms with van der Waals surface area (Å²) in [6.07, 6.45) is 16.3. The summed E-state index contributed by atoms with van der Waals surface area (Å²) in [5, 5.41) is 26.5. The second-order valence-corrected chi connectivity index (χ2v) is 19.4.